The second-order valence-corrected chi connectivity index (χ2v) is 6.08. The molecule has 0 saturated heterocycles. The van der Waals surface area contributed by atoms with Gasteiger partial charge in [0.15, 0.2) is 0 Å². The van der Waals surface area contributed by atoms with Crippen LogP contribution in [-0.2, 0) is 13.1 Å². The molecule has 0 unspecified atom stereocenters. The predicted octanol–water partition coefficient (Wildman–Crippen LogP) is 3.63. The molecule has 2 N–H and O–H groups in total. The highest BCUT2D eigenvalue weighted by atomic mass is 16.6. The number of anilines is 2. The van der Waals surface area contributed by atoms with E-state index in [1.165, 1.54) is 6.33 Å². The smallest absolute Gasteiger partial charge is 0.353 e. The fraction of sp³-hybridized carbons (Fsp3) is 0.200. The molecule has 2 aromatic carbocycles. The standard InChI is InChI=1S/C20H21N5O4/c1-28-16-7-3-14(4-8-16)11-21-19-18(25(26)27)20(24-13-23-19)22-12-15-5-9-17(29-2)10-6-15/h3-10,13H,11-12H2,1-2H3,(H2,21,22,23,24). The summed E-state index contributed by atoms with van der Waals surface area (Å²) in [5.41, 5.74) is 1.67. The molecule has 9 heteroatoms. The van der Waals surface area contributed by atoms with E-state index in [1.807, 2.05) is 48.5 Å². The molecule has 0 atom stereocenters. The van der Waals surface area contributed by atoms with Crippen LogP contribution in [0.25, 0.3) is 0 Å². The maximum Gasteiger partial charge on any atom is 0.353 e. The zero-order chi connectivity index (χ0) is 20.6. The third-order valence-electron chi connectivity index (χ3n) is 4.24. The lowest BCUT2D eigenvalue weighted by atomic mass is 10.2. The van der Waals surface area contributed by atoms with Crippen LogP contribution in [-0.4, -0.2) is 29.1 Å². The molecule has 0 spiro atoms. The van der Waals surface area contributed by atoms with Gasteiger partial charge in [-0.3, -0.25) is 10.1 Å². The van der Waals surface area contributed by atoms with E-state index in [-0.39, 0.29) is 17.3 Å². The molecule has 0 bridgehead atoms. The molecule has 1 heterocycles. The van der Waals surface area contributed by atoms with E-state index in [2.05, 4.69) is 20.6 Å². The van der Waals surface area contributed by atoms with E-state index in [4.69, 9.17) is 9.47 Å². The van der Waals surface area contributed by atoms with E-state index in [9.17, 15) is 10.1 Å². The zero-order valence-electron chi connectivity index (χ0n) is 16.1. The number of benzene rings is 2. The first-order chi connectivity index (χ1) is 14.1. The van der Waals surface area contributed by atoms with Crippen LogP contribution in [0.2, 0.25) is 0 Å². The summed E-state index contributed by atoms with van der Waals surface area (Å²) in [6, 6.07) is 14.8. The third kappa shape index (κ3) is 5.10. The first kappa shape index (κ1) is 19.9. The Morgan fingerprint density at radius 3 is 1.59 bits per heavy atom. The molecule has 9 nitrogen and oxygen atoms in total. The number of nitrogens with zero attached hydrogens (tertiary/aromatic N) is 3. The van der Waals surface area contributed by atoms with Crippen LogP contribution < -0.4 is 20.1 Å². The van der Waals surface area contributed by atoms with Crippen molar-refractivity contribution in [3.8, 4) is 11.5 Å². The van der Waals surface area contributed by atoms with Crippen molar-refractivity contribution in [2.45, 2.75) is 13.1 Å². The molecule has 3 rings (SSSR count). The van der Waals surface area contributed by atoms with Gasteiger partial charge in [0, 0.05) is 13.1 Å². The molecule has 0 aliphatic heterocycles. The summed E-state index contributed by atoms with van der Waals surface area (Å²) in [5.74, 6) is 1.79. The average molecular weight is 395 g/mol. The highest BCUT2D eigenvalue weighted by Gasteiger charge is 2.22. The number of methoxy groups -OCH3 is 2. The van der Waals surface area contributed by atoms with Crippen molar-refractivity contribution in [2.24, 2.45) is 0 Å². The SMILES string of the molecule is COc1ccc(CNc2ncnc(NCc3ccc(OC)cc3)c2[N+](=O)[O-])cc1. The van der Waals surface area contributed by atoms with Gasteiger partial charge in [-0.25, -0.2) is 9.97 Å². The summed E-state index contributed by atoms with van der Waals surface area (Å²) in [4.78, 5) is 19.2. The van der Waals surface area contributed by atoms with Gasteiger partial charge in [-0.15, -0.1) is 0 Å². The monoisotopic (exact) mass is 395 g/mol. The number of hydrogen-bond acceptors (Lipinski definition) is 8. The molecule has 0 aliphatic carbocycles. The minimum Gasteiger partial charge on any atom is -0.497 e. The molecule has 0 amide bonds. The van der Waals surface area contributed by atoms with Crippen LogP contribution in [0.4, 0.5) is 17.3 Å². The summed E-state index contributed by atoms with van der Waals surface area (Å²) < 4.78 is 10.3. The van der Waals surface area contributed by atoms with Gasteiger partial charge in [-0.1, -0.05) is 24.3 Å². The number of rotatable bonds is 9. The van der Waals surface area contributed by atoms with Crippen molar-refractivity contribution < 1.29 is 14.4 Å². The van der Waals surface area contributed by atoms with Gasteiger partial charge < -0.3 is 20.1 Å². The number of nitrogens with one attached hydrogen (secondary N) is 2. The second-order valence-electron chi connectivity index (χ2n) is 6.08. The first-order valence-electron chi connectivity index (χ1n) is 8.83. The first-order valence-corrected chi connectivity index (χ1v) is 8.83. The molecular weight excluding hydrogens is 374 g/mol. The van der Waals surface area contributed by atoms with Crippen LogP contribution in [0.5, 0.6) is 11.5 Å². The Labute approximate surface area is 167 Å². The normalized spacial score (nSPS) is 10.3. The number of ether oxygens (including phenoxy) is 2. The van der Waals surface area contributed by atoms with Crippen molar-refractivity contribution in [3.05, 3.63) is 76.1 Å². The van der Waals surface area contributed by atoms with Crippen LogP contribution in [0, 0.1) is 10.1 Å². The van der Waals surface area contributed by atoms with Crippen LogP contribution in [0.1, 0.15) is 11.1 Å². The molecule has 29 heavy (non-hydrogen) atoms. The van der Waals surface area contributed by atoms with Crippen LogP contribution >= 0.6 is 0 Å². The minimum atomic E-state index is -0.493. The predicted molar refractivity (Wildman–Crippen MR) is 109 cm³/mol. The summed E-state index contributed by atoms with van der Waals surface area (Å²) in [7, 11) is 3.19. The average Bonchev–Trinajstić information content (AvgIpc) is 2.76. The number of hydrogen-bond donors (Lipinski definition) is 2. The topological polar surface area (TPSA) is 111 Å². The Morgan fingerprint density at radius 2 is 1.24 bits per heavy atom. The molecule has 0 radical (unpaired) electrons. The Morgan fingerprint density at radius 1 is 0.828 bits per heavy atom. The molecule has 0 saturated carbocycles. The summed E-state index contributed by atoms with van der Waals surface area (Å²) in [5, 5.41) is 17.7. The number of aromatic nitrogens is 2. The van der Waals surface area contributed by atoms with Crippen molar-refractivity contribution in [2.75, 3.05) is 24.9 Å². The van der Waals surface area contributed by atoms with Crippen molar-refractivity contribution in [1.29, 1.82) is 0 Å². The highest BCUT2D eigenvalue weighted by molar-refractivity contribution is 5.69. The van der Waals surface area contributed by atoms with Crippen LogP contribution in [0.15, 0.2) is 54.9 Å². The van der Waals surface area contributed by atoms with Crippen molar-refractivity contribution >= 4 is 17.3 Å². The lowest BCUT2D eigenvalue weighted by Gasteiger charge is -2.11. The van der Waals surface area contributed by atoms with Crippen molar-refractivity contribution in [1.82, 2.24) is 9.97 Å². The Kier molecular flexibility index (Phi) is 6.41. The lowest BCUT2D eigenvalue weighted by molar-refractivity contribution is -0.383. The van der Waals surface area contributed by atoms with E-state index in [0.29, 0.717) is 13.1 Å². The Balaban J connectivity index is 1.73. The van der Waals surface area contributed by atoms with Gasteiger partial charge in [-0.2, -0.15) is 0 Å². The van der Waals surface area contributed by atoms with Gasteiger partial charge in [-0.05, 0) is 35.4 Å². The molecular formula is C20H21N5O4. The maximum atomic E-state index is 11.6. The molecule has 0 aliphatic rings. The second kappa shape index (κ2) is 9.36. The van der Waals surface area contributed by atoms with E-state index in [0.717, 1.165) is 22.6 Å². The molecule has 1 aromatic heterocycles. The quantitative estimate of drug-likeness (QED) is 0.417. The Bertz CT molecular complexity index is 892. The fourth-order valence-corrected chi connectivity index (χ4v) is 2.67. The summed E-state index contributed by atoms with van der Waals surface area (Å²) >= 11 is 0. The zero-order valence-corrected chi connectivity index (χ0v) is 16.1. The number of nitro groups is 1. The van der Waals surface area contributed by atoms with Crippen molar-refractivity contribution in [3.63, 3.8) is 0 Å². The van der Waals surface area contributed by atoms with Gasteiger partial charge in [0.25, 0.3) is 0 Å². The lowest BCUT2D eigenvalue weighted by Crippen LogP contribution is -2.10. The van der Waals surface area contributed by atoms with E-state index in [1.54, 1.807) is 14.2 Å². The van der Waals surface area contributed by atoms with E-state index < -0.39 is 4.92 Å². The summed E-state index contributed by atoms with van der Waals surface area (Å²) in [6.45, 7) is 0.750. The molecule has 3 aromatic rings. The largest absolute Gasteiger partial charge is 0.497 e. The maximum absolute atomic E-state index is 11.6. The Hall–Kier alpha value is -3.88. The van der Waals surface area contributed by atoms with Gasteiger partial charge in [0.05, 0.1) is 19.1 Å². The molecule has 150 valence electrons. The molecule has 0 fully saturated rings. The van der Waals surface area contributed by atoms with Gasteiger partial charge >= 0.3 is 5.69 Å². The van der Waals surface area contributed by atoms with Gasteiger partial charge in [0.2, 0.25) is 11.6 Å². The van der Waals surface area contributed by atoms with Crippen LogP contribution in [0.3, 0.4) is 0 Å². The van der Waals surface area contributed by atoms with Gasteiger partial charge in [0.1, 0.15) is 17.8 Å². The summed E-state index contributed by atoms with van der Waals surface area (Å²) in [6.07, 6.45) is 1.29. The van der Waals surface area contributed by atoms with E-state index >= 15 is 0 Å². The highest BCUT2D eigenvalue weighted by Crippen LogP contribution is 2.29. The fourth-order valence-electron chi connectivity index (χ4n) is 2.67. The third-order valence-corrected chi connectivity index (χ3v) is 4.24. The minimum absolute atomic E-state index is 0.151.